The van der Waals surface area contributed by atoms with Crippen LogP contribution in [0.1, 0.15) is 11.1 Å². The third-order valence-electron chi connectivity index (χ3n) is 3.44. The van der Waals surface area contributed by atoms with Crippen LogP contribution in [0.15, 0.2) is 53.1 Å². The van der Waals surface area contributed by atoms with Crippen molar-refractivity contribution in [3.8, 4) is 17.2 Å². The van der Waals surface area contributed by atoms with Crippen LogP contribution in [-0.2, 0) is 4.79 Å². The number of benzene rings is 2. The topological polar surface area (TPSA) is 77.2 Å². The number of hydrogen-bond donors (Lipinski definition) is 1. The molecule has 0 radical (unpaired) electrons. The van der Waals surface area contributed by atoms with E-state index in [0.29, 0.717) is 11.6 Å². The summed E-state index contributed by atoms with van der Waals surface area (Å²) in [5.41, 5.74) is 2.98. The van der Waals surface area contributed by atoms with Crippen molar-refractivity contribution >= 4 is 11.9 Å². The first-order chi connectivity index (χ1) is 11.6. The summed E-state index contributed by atoms with van der Waals surface area (Å²) in [4.78, 5) is 16.1. The van der Waals surface area contributed by atoms with Crippen LogP contribution < -0.4 is 10.1 Å². The van der Waals surface area contributed by atoms with E-state index < -0.39 is 0 Å². The van der Waals surface area contributed by atoms with Gasteiger partial charge in [-0.25, -0.2) is 0 Å². The summed E-state index contributed by atoms with van der Waals surface area (Å²) in [6.45, 7) is 3.81. The zero-order valence-electron chi connectivity index (χ0n) is 13.4. The van der Waals surface area contributed by atoms with Gasteiger partial charge >= 0.3 is 0 Å². The minimum atomic E-state index is -0.354. The van der Waals surface area contributed by atoms with E-state index in [9.17, 15) is 4.79 Å². The maximum atomic E-state index is 11.9. The van der Waals surface area contributed by atoms with Crippen LogP contribution in [0.3, 0.4) is 0 Å². The van der Waals surface area contributed by atoms with Gasteiger partial charge in [-0.3, -0.25) is 10.1 Å². The lowest BCUT2D eigenvalue weighted by Crippen LogP contribution is -2.20. The standard InChI is InChI=1S/C18H17N3O3/c1-12-7-9-14(10-8-12)23-11-16(22)19-18-20-17(24-21-18)15-6-4-3-5-13(15)2/h3-10H,11H2,1-2H3,(H,19,21,22). The van der Waals surface area contributed by atoms with Gasteiger partial charge < -0.3 is 9.26 Å². The summed E-state index contributed by atoms with van der Waals surface area (Å²) in [5.74, 6) is 0.755. The molecule has 1 heterocycles. The van der Waals surface area contributed by atoms with E-state index in [1.807, 2.05) is 62.4 Å². The first-order valence-electron chi connectivity index (χ1n) is 7.51. The number of nitrogens with zero attached hydrogens (tertiary/aromatic N) is 2. The number of amides is 1. The highest BCUT2D eigenvalue weighted by molar-refractivity contribution is 5.90. The molecule has 0 aliphatic carbocycles. The molecule has 0 saturated carbocycles. The van der Waals surface area contributed by atoms with Crippen molar-refractivity contribution < 1.29 is 14.1 Å². The molecule has 0 aliphatic rings. The lowest BCUT2D eigenvalue weighted by molar-refractivity contribution is -0.118. The molecule has 0 bridgehead atoms. The minimum Gasteiger partial charge on any atom is -0.484 e. The first-order valence-corrected chi connectivity index (χ1v) is 7.51. The molecule has 3 rings (SSSR count). The van der Waals surface area contributed by atoms with Crippen molar-refractivity contribution in [2.45, 2.75) is 13.8 Å². The minimum absolute atomic E-state index is 0.116. The maximum absolute atomic E-state index is 11.9. The highest BCUT2D eigenvalue weighted by Crippen LogP contribution is 2.22. The molecular formula is C18H17N3O3. The van der Waals surface area contributed by atoms with Crippen LogP contribution in [0.4, 0.5) is 5.95 Å². The Morgan fingerprint density at radius 2 is 1.88 bits per heavy atom. The quantitative estimate of drug-likeness (QED) is 0.779. The van der Waals surface area contributed by atoms with Gasteiger partial charge in [0.25, 0.3) is 17.7 Å². The van der Waals surface area contributed by atoms with Crippen LogP contribution in [0.25, 0.3) is 11.5 Å². The number of hydrogen-bond acceptors (Lipinski definition) is 5. The van der Waals surface area contributed by atoms with Crippen molar-refractivity contribution in [1.29, 1.82) is 0 Å². The number of aromatic nitrogens is 2. The Hall–Kier alpha value is -3.15. The molecule has 6 heteroatoms. The monoisotopic (exact) mass is 323 g/mol. The van der Waals surface area contributed by atoms with Crippen molar-refractivity contribution in [3.05, 3.63) is 59.7 Å². The first kappa shape index (κ1) is 15.7. The smallest absolute Gasteiger partial charge is 0.270 e. The molecule has 1 aromatic heterocycles. The number of anilines is 1. The van der Waals surface area contributed by atoms with Crippen molar-refractivity contribution in [2.24, 2.45) is 0 Å². The molecule has 3 aromatic rings. The zero-order chi connectivity index (χ0) is 16.9. The van der Waals surface area contributed by atoms with E-state index in [2.05, 4.69) is 15.5 Å². The van der Waals surface area contributed by atoms with Crippen LogP contribution in [0, 0.1) is 13.8 Å². The third kappa shape index (κ3) is 3.78. The lowest BCUT2D eigenvalue weighted by Gasteiger charge is -2.05. The van der Waals surface area contributed by atoms with Gasteiger partial charge in [0.2, 0.25) is 0 Å². The van der Waals surface area contributed by atoms with Crippen LogP contribution in [-0.4, -0.2) is 22.7 Å². The highest BCUT2D eigenvalue weighted by Gasteiger charge is 2.13. The Kier molecular flexibility index (Phi) is 4.56. The molecule has 0 atom stereocenters. The van der Waals surface area contributed by atoms with E-state index in [4.69, 9.17) is 9.26 Å². The van der Waals surface area contributed by atoms with E-state index >= 15 is 0 Å². The van der Waals surface area contributed by atoms with Crippen molar-refractivity contribution in [1.82, 2.24) is 10.1 Å². The second-order valence-electron chi connectivity index (χ2n) is 5.39. The fraction of sp³-hybridized carbons (Fsp3) is 0.167. The number of carbonyl (C=O) groups excluding carboxylic acids is 1. The number of aryl methyl sites for hydroxylation is 2. The molecule has 1 amide bonds. The number of nitrogens with one attached hydrogen (secondary N) is 1. The molecular weight excluding hydrogens is 306 g/mol. The summed E-state index contributed by atoms with van der Waals surface area (Å²) in [6.07, 6.45) is 0. The predicted molar refractivity (Wildman–Crippen MR) is 89.8 cm³/mol. The molecule has 0 unspecified atom stereocenters. The van der Waals surface area contributed by atoms with Gasteiger partial charge in [0.1, 0.15) is 5.75 Å². The summed E-state index contributed by atoms with van der Waals surface area (Å²) in [5, 5.41) is 6.32. The lowest BCUT2D eigenvalue weighted by atomic mass is 10.1. The van der Waals surface area contributed by atoms with Gasteiger partial charge in [0, 0.05) is 5.56 Å². The number of ether oxygens (including phenoxy) is 1. The highest BCUT2D eigenvalue weighted by atomic mass is 16.5. The molecule has 122 valence electrons. The summed E-state index contributed by atoms with van der Waals surface area (Å²) in [7, 11) is 0. The van der Waals surface area contributed by atoms with Crippen LogP contribution >= 0.6 is 0 Å². The predicted octanol–water partition coefficient (Wildman–Crippen LogP) is 3.37. The Balaban J connectivity index is 1.59. The fourth-order valence-corrected chi connectivity index (χ4v) is 2.14. The molecule has 6 nitrogen and oxygen atoms in total. The number of carbonyl (C=O) groups is 1. The average molecular weight is 323 g/mol. The third-order valence-corrected chi connectivity index (χ3v) is 3.44. The van der Waals surface area contributed by atoms with E-state index in [1.54, 1.807) is 0 Å². The van der Waals surface area contributed by atoms with E-state index in [1.165, 1.54) is 0 Å². The van der Waals surface area contributed by atoms with Gasteiger partial charge in [-0.15, -0.1) is 0 Å². The maximum Gasteiger partial charge on any atom is 0.270 e. The fourth-order valence-electron chi connectivity index (χ4n) is 2.14. The Bertz CT molecular complexity index is 841. The molecule has 0 fully saturated rings. The van der Waals surface area contributed by atoms with Crippen molar-refractivity contribution in [2.75, 3.05) is 11.9 Å². The SMILES string of the molecule is Cc1ccc(OCC(=O)Nc2noc(-c3ccccc3C)n2)cc1. The van der Waals surface area contributed by atoms with Crippen LogP contribution in [0.2, 0.25) is 0 Å². The molecule has 0 aliphatic heterocycles. The second-order valence-corrected chi connectivity index (χ2v) is 5.39. The molecule has 0 spiro atoms. The second kappa shape index (κ2) is 6.95. The summed E-state index contributed by atoms with van der Waals surface area (Å²) < 4.78 is 10.6. The normalized spacial score (nSPS) is 10.4. The van der Waals surface area contributed by atoms with Gasteiger partial charge in [0.05, 0.1) is 0 Å². The van der Waals surface area contributed by atoms with Gasteiger partial charge in [-0.2, -0.15) is 4.98 Å². The molecule has 0 saturated heterocycles. The summed E-state index contributed by atoms with van der Waals surface area (Å²) in [6, 6.07) is 15.1. The molecule has 24 heavy (non-hydrogen) atoms. The zero-order valence-corrected chi connectivity index (χ0v) is 13.4. The van der Waals surface area contributed by atoms with Gasteiger partial charge in [-0.1, -0.05) is 35.9 Å². The Labute approximate surface area is 139 Å². The van der Waals surface area contributed by atoms with Gasteiger partial charge in [-0.05, 0) is 42.8 Å². The van der Waals surface area contributed by atoms with Crippen LogP contribution in [0.5, 0.6) is 5.75 Å². The van der Waals surface area contributed by atoms with Crippen molar-refractivity contribution in [3.63, 3.8) is 0 Å². The Morgan fingerprint density at radius 1 is 1.12 bits per heavy atom. The Morgan fingerprint density at radius 3 is 2.62 bits per heavy atom. The molecule has 1 N–H and O–H groups in total. The average Bonchev–Trinajstić information content (AvgIpc) is 3.03. The van der Waals surface area contributed by atoms with Gasteiger partial charge in [0.15, 0.2) is 6.61 Å². The number of rotatable bonds is 5. The summed E-state index contributed by atoms with van der Waals surface area (Å²) >= 11 is 0. The van der Waals surface area contributed by atoms with E-state index in [-0.39, 0.29) is 18.5 Å². The molecule has 2 aromatic carbocycles. The largest absolute Gasteiger partial charge is 0.484 e. The van der Waals surface area contributed by atoms with E-state index in [0.717, 1.165) is 16.7 Å².